The van der Waals surface area contributed by atoms with E-state index in [9.17, 15) is 42.1 Å². The predicted molar refractivity (Wildman–Crippen MR) is 518 cm³/mol. The minimum absolute atomic E-state index is 0. The molecule has 0 aromatic heterocycles. The van der Waals surface area contributed by atoms with E-state index in [0.29, 0.717) is 0 Å². The van der Waals surface area contributed by atoms with Gasteiger partial charge in [0, 0.05) is 148 Å². The summed E-state index contributed by atoms with van der Waals surface area (Å²) < 4.78 is 144. The van der Waals surface area contributed by atoms with Crippen molar-refractivity contribution in [3.8, 4) is 0 Å². The van der Waals surface area contributed by atoms with Gasteiger partial charge < -0.3 is 0 Å². The molecule has 25 heteroatoms. The first kappa shape index (κ1) is 131. The summed E-state index contributed by atoms with van der Waals surface area (Å²) >= 11 is 0. The van der Waals surface area contributed by atoms with Gasteiger partial charge >= 0.3 is 0 Å². The molecule has 0 unspecified atom stereocenters. The van der Waals surface area contributed by atoms with Crippen molar-refractivity contribution < 1.29 is 63.0 Å². The smallest absolute Gasteiger partial charge is 0.266 e. The summed E-state index contributed by atoms with van der Waals surface area (Å²) in [6.45, 7) is 12.7. The van der Waals surface area contributed by atoms with Crippen LogP contribution in [0.25, 0.3) is 0 Å². The van der Waals surface area contributed by atoms with Crippen LogP contribution in [0.5, 0.6) is 0 Å². The Morgan fingerprint density at radius 1 is 0.148 bits per heavy atom. The van der Waals surface area contributed by atoms with Crippen LogP contribution in [-0.4, -0.2) is 223 Å². The maximum Gasteiger partial charge on any atom is 0.296 e. The van der Waals surface area contributed by atoms with Crippen molar-refractivity contribution in [2.24, 2.45) is 0 Å². The van der Waals surface area contributed by atoms with E-state index in [1.807, 2.05) is 0 Å². The van der Waals surface area contributed by atoms with Crippen LogP contribution in [0.15, 0.2) is 176 Å². The molecule has 0 atom stereocenters. The maximum absolute atomic E-state index is 11.9. The molecule has 0 aliphatic heterocycles. The van der Waals surface area contributed by atoms with Crippen molar-refractivity contribution >= 4 is 198 Å². The number of benzene rings is 5. The van der Waals surface area contributed by atoms with Crippen LogP contribution in [0, 0.1) is 0 Å². The number of unbranched alkanes of at least 4 members (excludes halogenated alkanes) is 52. The Hall–Kier alpha value is 0.650. The molecular formula is C97H164Na5O15S5. The second-order valence-corrected chi connectivity index (χ2v) is 39.4. The van der Waals surface area contributed by atoms with Gasteiger partial charge in [0.05, 0.1) is 57.5 Å². The molecule has 0 aliphatic rings. The summed E-state index contributed by atoms with van der Waals surface area (Å²) in [5.74, 6) is 0. The summed E-state index contributed by atoms with van der Waals surface area (Å²) in [5.41, 5.74) is 0. The second-order valence-electron chi connectivity index (χ2n) is 31.3. The van der Waals surface area contributed by atoms with Crippen molar-refractivity contribution in [1.29, 1.82) is 0 Å². The number of rotatable bonds is 72. The summed E-state index contributed by atoms with van der Waals surface area (Å²) in [6.07, 6.45) is 71.4. The first-order chi connectivity index (χ1) is 56.8. The van der Waals surface area contributed by atoms with Gasteiger partial charge in [0.2, 0.25) is 0 Å². The topological polar surface area (TPSA) is 217 Å². The minimum Gasteiger partial charge on any atom is -0.266 e. The molecule has 0 saturated carbocycles. The Kier molecular flexibility index (Phi) is 100. The van der Waals surface area contributed by atoms with Crippen LogP contribution in [0.3, 0.4) is 0 Å². The van der Waals surface area contributed by atoms with E-state index in [0.717, 1.165) is 64.2 Å². The van der Waals surface area contributed by atoms with Crippen LogP contribution >= 0.6 is 0 Å². The quantitative estimate of drug-likeness (QED) is 0.0201. The molecule has 5 aromatic carbocycles. The number of hydrogen-bond acceptors (Lipinski definition) is 15. The van der Waals surface area contributed by atoms with E-state index in [1.54, 1.807) is 152 Å². The molecule has 122 heavy (non-hydrogen) atoms. The third-order valence-corrected chi connectivity index (χ3v) is 27.2. The van der Waals surface area contributed by atoms with Gasteiger partial charge in [-0.15, -0.1) is 0 Å². The monoisotopic (exact) mass is 1840 g/mol. The van der Waals surface area contributed by atoms with Crippen LogP contribution in [0.1, 0.15) is 401 Å². The Bertz CT molecular complexity index is 3570. The average molecular weight is 1850 g/mol. The van der Waals surface area contributed by atoms with E-state index in [-0.39, 0.29) is 205 Å². The molecule has 0 saturated heterocycles. The molecule has 5 aromatic rings. The zero-order chi connectivity index (χ0) is 85.4. The van der Waals surface area contributed by atoms with Gasteiger partial charge in [-0.2, -0.15) is 42.1 Å². The fourth-order valence-corrected chi connectivity index (χ4v) is 18.1. The molecule has 677 valence electrons. The normalized spacial score (nSPS) is 11.2. The molecule has 0 bridgehead atoms. The third kappa shape index (κ3) is 79.2. The SMILES string of the molecule is CCCCCCCCCCCCCCCCOS(=O)(=O)c1ccccc1.CCCCCCCCCCCCCCCOS(=O)(=O)c1ccccc1.CCCCCCCCCCCCCCOS(=O)(=O)c1ccccc1.CCCCCCCCCCCCOS(=O)(=O)c1ccccc1.CCCCCCCCCCOS(=O)(=O)c1ccccc1.[Na].[Na].[Na].[Na].[Na]. The fraction of sp³-hybridized carbons (Fsp3) is 0.691. The van der Waals surface area contributed by atoms with Gasteiger partial charge in [-0.3, -0.25) is 20.9 Å². The van der Waals surface area contributed by atoms with Crippen molar-refractivity contribution in [2.45, 2.75) is 425 Å². The Labute approximate surface area is 860 Å². The van der Waals surface area contributed by atoms with Gasteiger partial charge in [0.15, 0.2) is 0 Å². The molecule has 0 amide bonds. The molecule has 0 fully saturated rings. The molecule has 0 heterocycles. The minimum atomic E-state index is -3.58. The largest absolute Gasteiger partial charge is 0.296 e. The Morgan fingerprint density at radius 2 is 0.238 bits per heavy atom. The summed E-state index contributed by atoms with van der Waals surface area (Å²) in [6, 6.07) is 41.7. The van der Waals surface area contributed by atoms with Crippen LogP contribution in [-0.2, 0) is 71.5 Å². The molecule has 5 radical (unpaired) electrons. The van der Waals surface area contributed by atoms with E-state index in [2.05, 4.69) is 34.6 Å². The zero-order valence-electron chi connectivity index (χ0n) is 78.9. The van der Waals surface area contributed by atoms with Gasteiger partial charge in [0.1, 0.15) is 0 Å². The van der Waals surface area contributed by atoms with Crippen molar-refractivity contribution in [3.05, 3.63) is 152 Å². The zero-order valence-corrected chi connectivity index (χ0v) is 93.0. The Balaban J connectivity index is -0.000000464. The van der Waals surface area contributed by atoms with Gasteiger partial charge in [-0.25, -0.2) is 0 Å². The molecule has 0 aliphatic carbocycles. The first-order valence-corrected chi connectivity index (χ1v) is 53.6. The van der Waals surface area contributed by atoms with Crippen molar-refractivity contribution in [1.82, 2.24) is 0 Å². The van der Waals surface area contributed by atoms with Crippen LogP contribution < -0.4 is 0 Å². The predicted octanol–water partition coefficient (Wildman–Crippen LogP) is 27.4. The van der Waals surface area contributed by atoms with Gasteiger partial charge in [-0.1, -0.05) is 459 Å². The van der Waals surface area contributed by atoms with Crippen LogP contribution in [0.4, 0.5) is 0 Å². The standard InChI is InChI=1S/C22H38O3S.C21H36O3S.C20H34O3S.C18H30O3S.C16H26O3S.5Na/c1-2-3-4-5-6-7-8-9-10-11-12-13-14-18-21-25-26(23,24)22-19-16-15-17-20-22;1-2-3-4-5-6-7-8-9-10-11-12-13-17-20-24-25(22,23)21-18-15-14-16-19-21;1-2-3-4-5-6-7-8-9-10-11-12-16-19-23-24(21,22)20-17-14-13-15-18-20;1-2-3-4-5-6-7-8-9-10-14-17-21-22(19,20)18-15-12-11-13-16-18;1-2-3-4-5-6-7-8-12-15-19-20(17,18)16-13-10-9-11-14-16;;;;;/h15-17,19-20H,2-14,18,21H2,1H3;14-16,18-19H,2-13,17,20H2,1H3;13-15,17-18H,2-12,16,19H2,1H3;11-13,15-16H,2-10,14,17H2,1H3;9-11,13-14H,2-8,12,15H2,1H3;;;;;. The average Bonchev–Trinajstić information content (AvgIpc) is 0.887. The first-order valence-electron chi connectivity index (χ1n) is 46.6. The van der Waals surface area contributed by atoms with E-state index >= 15 is 0 Å². The molecule has 0 spiro atoms. The van der Waals surface area contributed by atoms with E-state index in [4.69, 9.17) is 20.9 Å². The summed E-state index contributed by atoms with van der Waals surface area (Å²) in [7, 11) is -17.9. The summed E-state index contributed by atoms with van der Waals surface area (Å²) in [5, 5.41) is 0. The maximum atomic E-state index is 11.9. The van der Waals surface area contributed by atoms with E-state index < -0.39 is 50.6 Å². The van der Waals surface area contributed by atoms with Gasteiger partial charge in [-0.05, 0) is 92.8 Å². The molecule has 0 N–H and O–H groups in total. The Morgan fingerprint density at radius 3 is 0.336 bits per heavy atom. The van der Waals surface area contributed by atoms with E-state index in [1.165, 1.54) is 302 Å². The van der Waals surface area contributed by atoms with Crippen molar-refractivity contribution in [2.75, 3.05) is 33.0 Å². The second kappa shape index (κ2) is 93.5. The van der Waals surface area contributed by atoms with Gasteiger partial charge in [0.25, 0.3) is 50.6 Å². The summed E-state index contributed by atoms with van der Waals surface area (Å²) in [4.78, 5) is 1.20. The number of hydrogen-bond donors (Lipinski definition) is 0. The van der Waals surface area contributed by atoms with Crippen molar-refractivity contribution in [3.63, 3.8) is 0 Å². The van der Waals surface area contributed by atoms with Crippen LogP contribution in [0.2, 0.25) is 0 Å². The third-order valence-electron chi connectivity index (χ3n) is 20.6. The molecule has 15 nitrogen and oxygen atoms in total. The fourth-order valence-electron chi connectivity index (χ4n) is 13.3. The molecule has 5 rings (SSSR count). The molecular weight excluding hydrogens is 1680 g/mol.